The first-order valence-corrected chi connectivity index (χ1v) is 7.50. The van der Waals surface area contributed by atoms with E-state index >= 15 is 0 Å². The molecule has 1 saturated heterocycles. The highest BCUT2D eigenvalue weighted by Crippen LogP contribution is 2.10. The number of amides is 2. The number of piperazine rings is 1. The van der Waals surface area contributed by atoms with Crippen LogP contribution in [-0.2, 0) is 16.0 Å². The topological polar surface area (TPSA) is 66.6 Å². The van der Waals surface area contributed by atoms with Crippen molar-refractivity contribution in [3.8, 4) is 0 Å². The monoisotopic (exact) mass is 289 g/mol. The number of rotatable bonds is 6. The Hall–Kier alpha value is -2.04. The van der Waals surface area contributed by atoms with Crippen molar-refractivity contribution >= 4 is 17.5 Å². The van der Waals surface area contributed by atoms with Crippen molar-refractivity contribution in [1.29, 1.82) is 0 Å². The lowest BCUT2D eigenvalue weighted by atomic mass is 10.1. The molecular formula is C16H23N3O2. The first-order chi connectivity index (χ1) is 10.1. The van der Waals surface area contributed by atoms with Gasteiger partial charge < -0.3 is 15.5 Å². The number of aryl methyl sites for hydroxylation is 1. The summed E-state index contributed by atoms with van der Waals surface area (Å²) in [5.41, 5.74) is 7.61. The molecule has 2 N–H and O–H groups in total. The Bertz CT molecular complexity index is 499. The number of benzene rings is 1. The van der Waals surface area contributed by atoms with E-state index in [-0.39, 0.29) is 24.9 Å². The maximum Gasteiger partial charge on any atom is 0.242 e. The molecule has 0 unspecified atom stereocenters. The van der Waals surface area contributed by atoms with Crippen LogP contribution in [0.5, 0.6) is 0 Å². The summed E-state index contributed by atoms with van der Waals surface area (Å²) >= 11 is 0. The first kappa shape index (κ1) is 15.4. The number of nitrogen functional groups attached to an aromatic ring is 1. The molecule has 0 radical (unpaired) electrons. The van der Waals surface area contributed by atoms with E-state index < -0.39 is 0 Å². The fourth-order valence-corrected chi connectivity index (χ4v) is 2.54. The lowest BCUT2D eigenvalue weighted by Crippen LogP contribution is -2.54. The zero-order valence-corrected chi connectivity index (χ0v) is 12.5. The summed E-state index contributed by atoms with van der Waals surface area (Å²) in [5, 5.41) is 0. The molecule has 2 rings (SSSR count). The molecule has 1 aromatic rings. The van der Waals surface area contributed by atoms with Crippen LogP contribution in [-0.4, -0.2) is 47.8 Å². The van der Waals surface area contributed by atoms with Gasteiger partial charge in [-0.25, -0.2) is 0 Å². The zero-order chi connectivity index (χ0) is 15.2. The van der Waals surface area contributed by atoms with Crippen LogP contribution in [0.3, 0.4) is 0 Å². The van der Waals surface area contributed by atoms with Gasteiger partial charge in [-0.05, 0) is 37.0 Å². The van der Waals surface area contributed by atoms with Gasteiger partial charge in [-0.15, -0.1) is 0 Å². The standard InChI is InChI=1S/C16H23N3O2/c1-2-9-18-11-16(21)19(12-15(18)20)10-3-4-13-5-7-14(17)8-6-13/h5-8H,2-4,9-12,17H2,1H3. The molecule has 5 nitrogen and oxygen atoms in total. The van der Waals surface area contributed by atoms with Crippen molar-refractivity contribution < 1.29 is 9.59 Å². The van der Waals surface area contributed by atoms with Gasteiger partial charge in [0.25, 0.3) is 0 Å². The smallest absolute Gasteiger partial charge is 0.242 e. The van der Waals surface area contributed by atoms with Gasteiger partial charge in [-0.3, -0.25) is 9.59 Å². The SMILES string of the molecule is CCCN1CC(=O)N(CCCc2ccc(N)cc2)CC1=O. The average molecular weight is 289 g/mol. The maximum atomic E-state index is 12.0. The van der Waals surface area contributed by atoms with E-state index in [0.717, 1.165) is 24.9 Å². The van der Waals surface area contributed by atoms with E-state index in [9.17, 15) is 9.59 Å². The number of nitrogens with two attached hydrogens (primary N) is 1. The minimum Gasteiger partial charge on any atom is -0.399 e. The number of hydrogen-bond donors (Lipinski definition) is 1. The van der Waals surface area contributed by atoms with Gasteiger partial charge in [0.05, 0.1) is 13.1 Å². The molecule has 0 saturated carbocycles. The van der Waals surface area contributed by atoms with E-state index in [0.29, 0.717) is 13.1 Å². The van der Waals surface area contributed by atoms with Crippen LogP contribution in [0.1, 0.15) is 25.3 Å². The second-order valence-corrected chi connectivity index (χ2v) is 5.48. The summed E-state index contributed by atoms with van der Waals surface area (Å²) in [6.45, 7) is 3.77. The second-order valence-electron chi connectivity index (χ2n) is 5.48. The van der Waals surface area contributed by atoms with Crippen LogP contribution < -0.4 is 5.73 Å². The van der Waals surface area contributed by atoms with Crippen LogP contribution in [0.25, 0.3) is 0 Å². The van der Waals surface area contributed by atoms with Crippen LogP contribution in [0.4, 0.5) is 5.69 Å². The molecule has 1 aliphatic heterocycles. The van der Waals surface area contributed by atoms with Crippen molar-refractivity contribution in [2.24, 2.45) is 0 Å². The molecule has 1 aromatic carbocycles. The predicted molar refractivity (Wildman–Crippen MR) is 82.6 cm³/mol. The molecule has 1 heterocycles. The zero-order valence-electron chi connectivity index (χ0n) is 12.5. The molecule has 0 aliphatic carbocycles. The van der Waals surface area contributed by atoms with Gasteiger partial charge in [0.2, 0.25) is 11.8 Å². The van der Waals surface area contributed by atoms with Crippen LogP contribution in [0.15, 0.2) is 24.3 Å². The summed E-state index contributed by atoms with van der Waals surface area (Å²) in [4.78, 5) is 27.3. The van der Waals surface area contributed by atoms with Crippen LogP contribution in [0, 0.1) is 0 Å². The normalized spacial score (nSPS) is 15.7. The number of anilines is 1. The third-order valence-electron chi connectivity index (χ3n) is 3.72. The Kier molecular flexibility index (Phi) is 5.20. The molecular weight excluding hydrogens is 266 g/mol. The van der Waals surface area contributed by atoms with Gasteiger partial charge in [0.1, 0.15) is 0 Å². The minimum absolute atomic E-state index is 0.0559. The molecule has 0 spiro atoms. The van der Waals surface area contributed by atoms with E-state index in [2.05, 4.69) is 0 Å². The Morgan fingerprint density at radius 1 is 1.00 bits per heavy atom. The van der Waals surface area contributed by atoms with Crippen molar-refractivity contribution in [2.45, 2.75) is 26.2 Å². The van der Waals surface area contributed by atoms with Crippen LogP contribution in [0.2, 0.25) is 0 Å². The van der Waals surface area contributed by atoms with Gasteiger partial charge in [-0.1, -0.05) is 19.1 Å². The van der Waals surface area contributed by atoms with Crippen molar-refractivity contribution in [2.75, 3.05) is 31.9 Å². The summed E-state index contributed by atoms with van der Waals surface area (Å²) in [7, 11) is 0. The molecule has 0 aromatic heterocycles. The van der Waals surface area contributed by atoms with Gasteiger partial charge in [0, 0.05) is 18.8 Å². The Balaban J connectivity index is 1.79. The second kappa shape index (κ2) is 7.11. The molecule has 2 amide bonds. The summed E-state index contributed by atoms with van der Waals surface area (Å²) in [5.74, 6) is 0.115. The molecule has 1 fully saturated rings. The fraction of sp³-hybridized carbons (Fsp3) is 0.500. The third kappa shape index (κ3) is 4.21. The fourth-order valence-electron chi connectivity index (χ4n) is 2.54. The lowest BCUT2D eigenvalue weighted by molar-refractivity contribution is -0.150. The van der Waals surface area contributed by atoms with Crippen molar-refractivity contribution in [3.05, 3.63) is 29.8 Å². The molecule has 0 bridgehead atoms. The average Bonchev–Trinajstić information content (AvgIpc) is 2.46. The Labute approximate surface area is 125 Å². The van der Waals surface area contributed by atoms with Gasteiger partial charge >= 0.3 is 0 Å². The summed E-state index contributed by atoms with van der Waals surface area (Å²) in [6.07, 6.45) is 2.63. The molecule has 5 heteroatoms. The summed E-state index contributed by atoms with van der Waals surface area (Å²) < 4.78 is 0. The number of hydrogen-bond acceptors (Lipinski definition) is 3. The van der Waals surface area contributed by atoms with Crippen molar-refractivity contribution in [3.63, 3.8) is 0 Å². The molecule has 114 valence electrons. The van der Waals surface area contributed by atoms with Crippen molar-refractivity contribution in [1.82, 2.24) is 9.80 Å². The Morgan fingerprint density at radius 2 is 1.57 bits per heavy atom. The summed E-state index contributed by atoms with van der Waals surface area (Å²) in [6, 6.07) is 7.77. The number of nitrogens with zero attached hydrogens (tertiary/aromatic N) is 2. The van der Waals surface area contributed by atoms with Gasteiger partial charge in [-0.2, -0.15) is 0 Å². The maximum absolute atomic E-state index is 12.0. The quantitative estimate of drug-likeness (QED) is 0.802. The predicted octanol–water partition coefficient (Wildman–Crippen LogP) is 1.28. The van der Waals surface area contributed by atoms with Gasteiger partial charge in [0.15, 0.2) is 0 Å². The Morgan fingerprint density at radius 3 is 2.14 bits per heavy atom. The molecule has 1 aliphatic rings. The first-order valence-electron chi connectivity index (χ1n) is 7.50. The highest BCUT2D eigenvalue weighted by molar-refractivity contribution is 5.92. The minimum atomic E-state index is 0.0559. The highest BCUT2D eigenvalue weighted by Gasteiger charge is 2.28. The number of carbonyl (C=O) groups is 2. The lowest BCUT2D eigenvalue weighted by Gasteiger charge is -2.33. The molecule has 0 atom stereocenters. The van der Waals surface area contributed by atoms with E-state index in [4.69, 9.17) is 5.73 Å². The third-order valence-corrected chi connectivity index (χ3v) is 3.72. The van der Waals surface area contributed by atoms with E-state index in [1.165, 1.54) is 5.56 Å². The number of carbonyl (C=O) groups excluding carboxylic acids is 2. The van der Waals surface area contributed by atoms with Crippen LogP contribution >= 0.6 is 0 Å². The molecule has 21 heavy (non-hydrogen) atoms. The van der Waals surface area contributed by atoms with E-state index in [1.807, 2.05) is 31.2 Å². The van der Waals surface area contributed by atoms with E-state index in [1.54, 1.807) is 9.80 Å². The highest BCUT2D eigenvalue weighted by atomic mass is 16.2. The largest absolute Gasteiger partial charge is 0.399 e.